The Morgan fingerprint density at radius 2 is 2.00 bits per heavy atom. The van der Waals surface area contributed by atoms with E-state index in [1.807, 2.05) is 24.3 Å². The molecule has 2 aromatic rings. The van der Waals surface area contributed by atoms with Gasteiger partial charge in [0.1, 0.15) is 5.69 Å². The average Bonchev–Trinajstić information content (AvgIpc) is 2.92. The van der Waals surface area contributed by atoms with E-state index >= 15 is 0 Å². The Hall–Kier alpha value is -1.86. The van der Waals surface area contributed by atoms with Gasteiger partial charge in [0.2, 0.25) is 0 Å². The van der Waals surface area contributed by atoms with Crippen LogP contribution in [0, 0.1) is 0 Å². The summed E-state index contributed by atoms with van der Waals surface area (Å²) in [6, 6.07) is 9.62. The second kappa shape index (κ2) is 7.24. The number of halogens is 1. The normalized spacial score (nSPS) is 10.0. The number of rotatable bonds is 3. The molecule has 1 aromatic carbocycles. The minimum Gasteiger partial charge on any atom is -0.356 e. The van der Waals surface area contributed by atoms with Gasteiger partial charge in [0.15, 0.2) is 5.11 Å². The molecular formula is C14H15BrN4OS. The van der Waals surface area contributed by atoms with Gasteiger partial charge in [-0.25, -0.2) is 0 Å². The van der Waals surface area contributed by atoms with Crippen LogP contribution >= 0.6 is 28.1 Å². The lowest BCUT2D eigenvalue weighted by atomic mass is 10.1. The first-order valence-electron chi connectivity index (χ1n) is 6.38. The smallest absolute Gasteiger partial charge is 0.286 e. The van der Waals surface area contributed by atoms with Gasteiger partial charge >= 0.3 is 0 Å². The number of H-pyrrole nitrogens is 1. The van der Waals surface area contributed by atoms with Crippen LogP contribution in [0.5, 0.6) is 0 Å². The van der Waals surface area contributed by atoms with Crippen molar-refractivity contribution in [3.63, 3.8) is 0 Å². The zero-order valence-electron chi connectivity index (χ0n) is 11.4. The number of nitrogens with one attached hydrogen (secondary N) is 4. The van der Waals surface area contributed by atoms with Crippen molar-refractivity contribution in [2.45, 2.75) is 13.3 Å². The Morgan fingerprint density at radius 1 is 1.29 bits per heavy atom. The number of carbonyl (C=O) groups excluding carboxylic acids is 1. The molecule has 7 heteroatoms. The van der Waals surface area contributed by atoms with Gasteiger partial charge in [-0.15, -0.1) is 0 Å². The number of thiocarbonyl (C=S) groups is 1. The number of aromatic amines is 1. The predicted molar refractivity (Wildman–Crippen MR) is 91.1 cm³/mol. The van der Waals surface area contributed by atoms with E-state index in [1.54, 1.807) is 12.3 Å². The van der Waals surface area contributed by atoms with Crippen molar-refractivity contribution in [2.75, 3.05) is 5.32 Å². The Morgan fingerprint density at radius 3 is 2.57 bits per heavy atom. The second-order valence-corrected chi connectivity index (χ2v) is 5.64. The van der Waals surface area contributed by atoms with Crippen LogP contribution in [0.3, 0.4) is 0 Å². The number of benzene rings is 1. The van der Waals surface area contributed by atoms with E-state index in [0.717, 1.165) is 16.6 Å². The molecule has 4 N–H and O–H groups in total. The first kappa shape index (κ1) is 15.5. The third-order valence-corrected chi connectivity index (χ3v) is 3.46. The van der Waals surface area contributed by atoms with Gasteiger partial charge in [0, 0.05) is 16.4 Å². The lowest BCUT2D eigenvalue weighted by molar-refractivity contribution is 0.0940. The van der Waals surface area contributed by atoms with Crippen molar-refractivity contribution < 1.29 is 4.79 Å². The summed E-state index contributed by atoms with van der Waals surface area (Å²) in [5, 5.41) is 3.31. The fourth-order valence-electron chi connectivity index (χ4n) is 1.67. The van der Waals surface area contributed by atoms with E-state index in [1.165, 1.54) is 5.56 Å². The highest BCUT2D eigenvalue weighted by Gasteiger charge is 2.07. The molecule has 0 unspecified atom stereocenters. The molecule has 0 aliphatic rings. The SMILES string of the molecule is CCc1ccc(NC(=S)NNC(=O)c2cc(Br)c[nH]2)cc1. The monoisotopic (exact) mass is 366 g/mol. The number of amides is 1. The summed E-state index contributed by atoms with van der Waals surface area (Å²) in [6.45, 7) is 2.10. The maximum Gasteiger partial charge on any atom is 0.286 e. The fraction of sp³-hybridized carbons (Fsp3) is 0.143. The van der Waals surface area contributed by atoms with Gasteiger partial charge in [-0.1, -0.05) is 19.1 Å². The topological polar surface area (TPSA) is 68.9 Å². The summed E-state index contributed by atoms with van der Waals surface area (Å²) >= 11 is 8.38. The van der Waals surface area contributed by atoms with E-state index in [4.69, 9.17) is 12.2 Å². The number of hydrogen-bond acceptors (Lipinski definition) is 2. The third-order valence-electron chi connectivity index (χ3n) is 2.80. The number of hydrazine groups is 1. The maximum absolute atomic E-state index is 11.8. The highest BCUT2D eigenvalue weighted by atomic mass is 79.9. The molecule has 0 aliphatic heterocycles. The van der Waals surface area contributed by atoms with Crippen molar-refractivity contribution in [3.8, 4) is 0 Å². The molecule has 5 nitrogen and oxygen atoms in total. The second-order valence-electron chi connectivity index (χ2n) is 4.32. The first-order chi connectivity index (χ1) is 10.1. The maximum atomic E-state index is 11.8. The average molecular weight is 367 g/mol. The molecule has 110 valence electrons. The lowest BCUT2D eigenvalue weighted by Crippen LogP contribution is -2.43. The van der Waals surface area contributed by atoms with Gasteiger partial charge < -0.3 is 10.3 Å². The van der Waals surface area contributed by atoms with E-state index in [0.29, 0.717) is 10.8 Å². The van der Waals surface area contributed by atoms with Crippen molar-refractivity contribution in [1.82, 2.24) is 15.8 Å². The molecule has 0 bridgehead atoms. The molecule has 0 fully saturated rings. The van der Waals surface area contributed by atoms with Crippen LogP contribution in [0.25, 0.3) is 0 Å². The Kier molecular flexibility index (Phi) is 5.35. The summed E-state index contributed by atoms with van der Waals surface area (Å²) in [7, 11) is 0. The molecular weight excluding hydrogens is 352 g/mol. The van der Waals surface area contributed by atoms with Gasteiger partial charge in [-0.05, 0) is 58.3 Å². The summed E-state index contributed by atoms with van der Waals surface area (Å²) < 4.78 is 0.810. The van der Waals surface area contributed by atoms with E-state index < -0.39 is 0 Å². The minimum absolute atomic E-state index is 0.300. The number of anilines is 1. The molecule has 1 amide bonds. The van der Waals surface area contributed by atoms with Crippen molar-refractivity contribution >= 4 is 44.9 Å². The van der Waals surface area contributed by atoms with Gasteiger partial charge in [0.25, 0.3) is 5.91 Å². The molecule has 0 saturated carbocycles. The molecule has 21 heavy (non-hydrogen) atoms. The summed E-state index contributed by atoms with van der Waals surface area (Å²) in [5.74, 6) is -0.300. The number of carbonyl (C=O) groups is 1. The van der Waals surface area contributed by atoms with Crippen LogP contribution in [-0.2, 0) is 6.42 Å². The molecule has 1 aromatic heterocycles. The third kappa shape index (κ3) is 4.57. The highest BCUT2D eigenvalue weighted by molar-refractivity contribution is 9.10. The number of aryl methyl sites for hydroxylation is 1. The fourth-order valence-corrected chi connectivity index (χ4v) is 2.18. The molecule has 2 rings (SSSR count). The quantitative estimate of drug-likeness (QED) is 0.497. The number of aromatic nitrogens is 1. The minimum atomic E-state index is -0.300. The van der Waals surface area contributed by atoms with Crippen LogP contribution in [-0.4, -0.2) is 16.0 Å². The van der Waals surface area contributed by atoms with E-state index in [9.17, 15) is 4.79 Å². The van der Waals surface area contributed by atoms with Crippen molar-refractivity contribution in [2.24, 2.45) is 0 Å². The van der Waals surface area contributed by atoms with Gasteiger partial charge in [-0.3, -0.25) is 15.6 Å². The lowest BCUT2D eigenvalue weighted by Gasteiger charge is -2.11. The van der Waals surface area contributed by atoms with Crippen LogP contribution in [0.2, 0.25) is 0 Å². The first-order valence-corrected chi connectivity index (χ1v) is 7.59. The van der Waals surface area contributed by atoms with Crippen LogP contribution < -0.4 is 16.2 Å². The molecule has 0 aliphatic carbocycles. The molecule has 1 heterocycles. The van der Waals surface area contributed by atoms with Crippen LogP contribution in [0.4, 0.5) is 5.69 Å². The predicted octanol–water partition coefficient (Wildman–Crippen LogP) is 2.97. The summed E-state index contributed by atoms with van der Waals surface area (Å²) in [6.07, 6.45) is 2.67. The van der Waals surface area contributed by atoms with E-state index in [-0.39, 0.29) is 5.91 Å². The largest absolute Gasteiger partial charge is 0.356 e. The zero-order chi connectivity index (χ0) is 15.2. The Labute approximate surface area is 136 Å². The van der Waals surface area contributed by atoms with E-state index in [2.05, 4.69) is 44.0 Å². The molecule has 0 radical (unpaired) electrons. The molecule has 0 spiro atoms. The highest BCUT2D eigenvalue weighted by Crippen LogP contribution is 2.10. The van der Waals surface area contributed by atoms with Crippen LogP contribution in [0.1, 0.15) is 23.0 Å². The van der Waals surface area contributed by atoms with Crippen molar-refractivity contribution in [3.05, 3.63) is 52.3 Å². The van der Waals surface area contributed by atoms with Crippen molar-refractivity contribution in [1.29, 1.82) is 0 Å². The zero-order valence-corrected chi connectivity index (χ0v) is 13.8. The summed E-state index contributed by atoms with van der Waals surface area (Å²) in [4.78, 5) is 14.6. The standard InChI is InChI=1S/C14H15BrN4OS/c1-2-9-3-5-11(6-4-9)17-14(21)19-18-13(20)12-7-10(15)8-16-12/h3-8,16H,2H2,1H3,(H,18,20)(H2,17,19,21). The Balaban J connectivity index is 1.82. The van der Waals surface area contributed by atoms with Gasteiger partial charge in [0.05, 0.1) is 0 Å². The van der Waals surface area contributed by atoms with Crippen LogP contribution in [0.15, 0.2) is 41.0 Å². The Bertz CT molecular complexity index is 639. The number of hydrogen-bond donors (Lipinski definition) is 4. The molecule has 0 atom stereocenters. The summed E-state index contributed by atoms with van der Waals surface area (Å²) in [5.41, 5.74) is 7.71. The molecule has 0 saturated heterocycles. The van der Waals surface area contributed by atoms with Gasteiger partial charge in [-0.2, -0.15) is 0 Å².